The van der Waals surface area contributed by atoms with Gasteiger partial charge in [-0.15, -0.1) is 0 Å². The number of nitrogens with zero attached hydrogens (tertiary/aromatic N) is 3. The Kier molecular flexibility index (Phi) is 9.59. The Balaban J connectivity index is 1.18. The number of nitrogens with one attached hydrogen (secondary N) is 1. The first-order valence-corrected chi connectivity index (χ1v) is 15.1. The lowest BCUT2D eigenvalue weighted by molar-refractivity contribution is -0.144. The van der Waals surface area contributed by atoms with Gasteiger partial charge in [0.25, 0.3) is 0 Å². The number of aliphatic imine (C=N–C) groups is 1. The van der Waals surface area contributed by atoms with Gasteiger partial charge in [0.15, 0.2) is 5.96 Å². The van der Waals surface area contributed by atoms with E-state index in [1.807, 2.05) is 34.1 Å². The van der Waals surface area contributed by atoms with Crippen molar-refractivity contribution in [3.8, 4) is 0 Å². The fraction of sp³-hybridized carbons (Fsp3) is 0.424. The predicted molar refractivity (Wildman–Crippen MR) is 169 cm³/mol. The lowest BCUT2D eigenvalue weighted by Gasteiger charge is -2.42. The maximum Gasteiger partial charge on any atom is 0.240 e. The monoisotopic (exact) mass is 569 g/mol. The van der Waals surface area contributed by atoms with Crippen LogP contribution >= 0.6 is 0 Å². The second-order valence-corrected chi connectivity index (χ2v) is 11.5. The molecule has 0 bridgehead atoms. The molecule has 7 N–H and O–H groups in total. The van der Waals surface area contributed by atoms with Gasteiger partial charge in [-0.3, -0.25) is 14.6 Å². The van der Waals surface area contributed by atoms with E-state index in [2.05, 4.69) is 52.8 Å². The van der Waals surface area contributed by atoms with Crippen molar-refractivity contribution in [2.45, 2.75) is 56.5 Å². The summed E-state index contributed by atoms with van der Waals surface area (Å²) in [6, 6.07) is 22.0. The zero-order valence-electron chi connectivity index (χ0n) is 24.3. The number of rotatable bonds is 11. The summed E-state index contributed by atoms with van der Waals surface area (Å²) in [6.07, 6.45) is 4.18. The molecule has 9 nitrogen and oxygen atoms in total. The van der Waals surface area contributed by atoms with E-state index in [4.69, 9.17) is 17.2 Å². The molecule has 0 aliphatic carbocycles. The number of benzene rings is 3. The Morgan fingerprint density at radius 1 is 0.952 bits per heavy atom. The third-order valence-corrected chi connectivity index (χ3v) is 8.58. The van der Waals surface area contributed by atoms with Crippen LogP contribution in [0, 0.1) is 0 Å². The van der Waals surface area contributed by atoms with Gasteiger partial charge >= 0.3 is 0 Å². The van der Waals surface area contributed by atoms with Crippen LogP contribution in [0.15, 0.2) is 71.7 Å². The van der Waals surface area contributed by atoms with Crippen LogP contribution in [0.3, 0.4) is 0 Å². The lowest BCUT2D eigenvalue weighted by Crippen LogP contribution is -2.59. The van der Waals surface area contributed by atoms with Crippen molar-refractivity contribution >= 4 is 34.2 Å². The van der Waals surface area contributed by atoms with Gasteiger partial charge in [0, 0.05) is 56.8 Å². The number of anilines is 1. The molecule has 3 atom stereocenters. The van der Waals surface area contributed by atoms with E-state index in [1.165, 1.54) is 11.3 Å². The van der Waals surface area contributed by atoms with Gasteiger partial charge in [-0.1, -0.05) is 60.7 Å². The molecule has 2 amide bonds. The van der Waals surface area contributed by atoms with Crippen molar-refractivity contribution in [3.63, 3.8) is 0 Å². The maximum absolute atomic E-state index is 13.6. The standard InChI is InChI=1S/C33H43N7O2/c34-29(20-23-14-15-24-7-1-2-8-25(24)19-23)32(42)40-18-17-39(22-27(40)10-6-16-37-33(35)36)31(41)13-5-9-26-21-38-30-12-4-3-11-28(26)30/h1-4,7-8,11-12,14-15,19,26-27,29,38H,5-6,9-10,13,16-18,20-22,34H2,(H4,35,36,37)/t26?,27-,29+/m0/s1. The zero-order valence-corrected chi connectivity index (χ0v) is 24.3. The van der Waals surface area contributed by atoms with Crippen molar-refractivity contribution in [2.24, 2.45) is 22.2 Å². The summed E-state index contributed by atoms with van der Waals surface area (Å²) in [5, 5.41) is 5.76. The van der Waals surface area contributed by atoms with Crippen molar-refractivity contribution in [2.75, 3.05) is 38.0 Å². The average Bonchev–Trinajstić information content (AvgIpc) is 3.41. The first kappa shape index (κ1) is 29.4. The molecule has 0 aromatic heterocycles. The first-order chi connectivity index (χ1) is 20.4. The molecule has 0 spiro atoms. The van der Waals surface area contributed by atoms with E-state index in [-0.39, 0.29) is 23.8 Å². The molecule has 5 rings (SSSR count). The summed E-state index contributed by atoms with van der Waals surface area (Å²) in [7, 11) is 0. The molecule has 2 aliphatic heterocycles. The average molecular weight is 570 g/mol. The molecule has 1 fully saturated rings. The van der Waals surface area contributed by atoms with E-state index in [0.29, 0.717) is 57.8 Å². The summed E-state index contributed by atoms with van der Waals surface area (Å²) in [5.41, 5.74) is 21.1. The third-order valence-electron chi connectivity index (χ3n) is 8.58. The second kappa shape index (κ2) is 13.7. The SMILES string of the molecule is NC(N)=NCCC[C@H]1CN(C(=O)CCCC2CNc3ccccc32)CCN1C(=O)[C@H](N)Cc1ccc2ccccc2c1. The minimum absolute atomic E-state index is 0.0564. The number of hydrogen-bond acceptors (Lipinski definition) is 5. The Morgan fingerprint density at radius 2 is 1.74 bits per heavy atom. The van der Waals surface area contributed by atoms with Crippen LogP contribution in [0.25, 0.3) is 10.8 Å². The quantitative estimate of drug-likeness (QED) is 0.159. The number of carbonyl (C=O) groups excluding carboxylic acids is 2. The van der Waals surface area contributed by atoms with Gasteiger partial charge in [0.2, 0.25) is 11.8 Å². The Hall–Kier alpha value is -4.11. The molecule has 9 heteroatoms. The predicted octanol–water partition coefficient (Wildman–Crippen LogP) is 3.18. The fourth-order valence-electron chi connectivity index (χ4n) is 6.35. The van der Waals surface area contributed by atoms with Gasteiger partial charge in [-0.25, -0.2) is 0 Å². The largest absolute Gasteiger partial charge is 0.384 e. The number of guanidine groups is 1. The number of amides is 2. The van der Waals surface area contributed by atoms with Crippen LogP contribution in [0.4, 0.5) is 5.69 Å². The van der Waals surface area contributed by atoms with E-state index in [1.54, 1.807) is 0 Å². The highest BCUT2D eigenvalue weighted by Crippen LogP contribution is 2.34. The van der Waals surface area contributed by atoms with Gasteiger partial charge < -0.3 is 32.3 Å². The smallest absolute Gasteiger partial charge is 0.240 e. The normalized spacial score (nSPS) is 18.8. The summed E-state index contributed by atoms with van der Waals surface area (Å²) in [6.45, 7) is 2.90. The second-order valence-electron chi connectivity index (χ2n) is 11.5. The fourth-order valence-corrected chi connectivity index (χ4v) is 6.35. The first-order valence-electron chi connectivity index (χ1n) is 15.1. The molecule has 3 aromatic rings. The highest BCUT2D eigenvalue weighted by atomic mass is 16.2. The van der Waals surface area contributed by atoms with Gasteiger partial charge in [0.1, 0.15) is 0 Å². The van der Waals surface area contributed by atoms with E-state index >= 15 is 0 Å². The van der Waals surface area contributed by atoms with Gasteiger partial charge in [-0.2, -0.15) is 0 Å². The molecule has 3 aromatic carbocycles. The Morgan fingerprint density at radius 3 is 2.57 bits per heavy atom. The molecule has 1 saturated heterocycles. The summed E-state index contributed by atoms with van der Waals surface area (Å²) >= 11 is 0. The van der Waals surface area contributed by atoms with E-state index in [9.17, 15) is 9.59 Å². The molecule has 0 saturated carbocycles. The van der Waals surface area contributed by atoms with Crippen LogP contribution in [0.2, 0.25) is 0 Å². The van der Waals surface area contributed by atoms with Gasteiger partial charge in [0.05, 0.1) is 6.04 Å². The van der Waals surface area contributed by atoms with Crippen LogP contribution in [0.1, 0.15) is 49.1 Å². The van der Waals surface area contributed by atoms with E-state index < -0.39 is 6.04 Å². The van der Waals surface area contributed by atoms with Crippen molar-refractivity contribution in [1.29, 1.82) is 0 Å². The number of fused-ring (bicyclic) bond motifs is 2. The lowest BCUT2D eigenvalue weighted by atomic mass is 9.95. The number of carbonyl (C=O) groups is 2. The molecular weight excluding hydrogens is 526 g/mol. The van der Waals surface area contributed by atoms with Crippen LogP contribution in [-0.2, 0) is 16.0 Å². The van der Waals surface area contributed by atoms with Crippen LogP contribution in [0.5, 0.6) is 0 Å². The highest BCUT2D eigenvalue weighted by Gasteiger charge is 2.34. The topological polar surface area (TPSA) is 143 Å². The maximum atomic E-state index is 13.6. The number of para-hydroxylation sites is 1. The minimum Gasteiger partial charge on any atom is -0.384 e. The number of nitrogens with two attached hydrogens (primary N) is 3. The Labute approximate surface area is 248 Å². The number of piperazine rings is 1. The molecule has 2 heterocycles. The molecular formula is C33H43N7O2. The highest BCUT2D eigenvalue weighted by molar-refractivity contribution is 5.85. The van der Waals surface area contributed by atoms with Crippen molar-refractivity contribution in [1.82, 2.24) is 9.80 Å². The van der Waals surface area contributed by atoms with Crippen LogP contribution in [-0.4, -0.2) is 72.4 Å². The van der Waals surface area contributed by atoms with E-state index in [0.717, 1.165) is 35.7 Å². The summed E-state index contributed by atoms with van der Waals surface area (Å²) in [5.74, 6) is 0.572. The van der Waals surface area contributed by atoms with Crippen molar-refractivity contribution in [3.05, 3.63) is 77.9 Å². The van der Waals surface area contributed by atoms with Crippen molar-refractivity contribution < 1.29 is 9.59 Å². The van der Waals surface area contributed by atoms with Crippen LogP contribution < -0.4 is 22.5 Å². The van der Waals surface area contributed by atoms with Gasteiger partial charge in [-0.05, 0) is 60.1 Å². The molecule has 0 radical (unpaired) electrons. The molecule has 1 unspecified atom stereocenters. The molecule has 222 valence electrons. The molecule has 42 heavy (non-hydrogen) atoms. The number of hydrogen-bond donors (Lipinski definition) is 4. The summed E-state index contributed by atoms with van der Waals surface area (Å²) in [4.78, 5) is 34.8. The Bertz CT molecular complexity index is 1420. The minimum atomic E-state index is -0.656. The zero-order chi connectivity index (χ0) is 29.5. The third kappa shape index (κ3) is 7.20. The molecule has 2 aliphatic rings. The summed E-state index contributed by atoms with van der Waals surface area (Å²) < 4.78 is 0.